The molecule has 0 spiro atoms. The zero-order valence-corrected chi connectivity index (χ0v) is 28.3. The molecule has 2 atom stereocenters. The van der Waals surface area contributed by atoms with Gasteiger partial charge in [0.25, 0.3) is 0 Å². The molecule has 0 aliphatic heterocycles. The molecule has 2 unspecified atom stereocenters. The first-order valence-corrected chi connectivity index (χ1v) is 16.7. The normalized spacial score (nSPS) is 16.4. The van der Waals surface area contributed by atoms with E-state index in [9.17, 15) is 41.2 Å². The summed E-state index contributed by atoms with van der Waals surface area (Å²) in [4.78, 5) is 26.1. The van der Waals surface area contributed by atoms with Crippen LogP contribution in [0.5, 0.6) is 11.5 Å². The van der Waals surface area contributed by atoms with Crippen LogP contribution in [0.25, 0.3) is 0 Å². The van der Waals surface area contributed by atoms with Crippen LogP contribution in [0.4, 0.5) is 0 Å². The maximum absolute atomic E-state index is 13.1. The van der Waals surface area contributed by atoms with Gasteiger partial charge in [0.2, 0.25) is 0 Å². The largest absolute Gasteiger partial charge is 0.426 e. The third kappa shape index (κ3) is 9.74. The highest BCUT2D eigenvalue weighted by molar-refractivity contribution is 5.78. The lowest BCUT2D eigenvalue weighted by Crippen LogP contribution is -2.30. The Morgan fingerprint density at radius 2 is 0.923 bits per heavy atom. The molecule has 0 fully saturated rings. The first-order chi connectivity index (χ1) is 25.4. The third-order valence-electron chi connectivity index (χ3n) is 8.65. The van der Waals surface area contributed by atoms with E-state index < -0.39 is 23.8 Å². The van der Waals surface area contributed by atoms with Crippen LogP contribution in [0.2, 0.25) is 0 Å². The molecule has 0 saturated carbocycles. The lowest BCUT2D eigenvalue weighted by atomic mass is 9.81. The lowest BCUT2D eigenvalue weighted by Gasteiger charge is -2.26. The molecule has 0 radical (unpaired) electrons. The number of carbonyl (C=O) groups is 2. The fourth-order valence-electron chi connectivity index (χ4n) is 6.06. The molecule has 0 saturated heterocycles. The summed E-state index contributed by atoms with van der Waals surface area (Å²) in [5.41, 5.74) is 1.36. The van der Waals surface area contributed by atoms with Crippen molar-refractivity contribution in [1.29, 1.82) is 31.6 Å². The molecule has 2 N–H and O–H groups in total. The molecule has 52 heavy (non-hydrogen) atoms. The monoisotopic (exact) mass is 690 g/mol. The van der Waals surface area contributed by atoms with Gasteiger partial charge in [-0.05, 0) is 49.9 Å². The number of hydrogen-bond acceptors (Lipinski definition) is 12. The second-order valence-corrected chi connectivity index (χ2v) is 12.0. The average Bonchev–Trinajstić information content (AvgIpc) is 3.17. The number of benzene rings is 2. The summed E-state index contributed by atoms with van der Waals surface area (Å²) >= 11 is 0. The first-order valence-electron chi connectivity index (χ1n) is 16.7. The van der Waals surface area contributed by atoms with Crippen LogP contribution in [0.1, 0.15) is 51.4 Å². The predicted octanol–water partition coefficient (Wildman–Crippen LogP) is 6.00. The van der Waals surface area contributed by atoms with Crippen LogP contribution in [0.3, 0.4) is 0 Å². The standard InChI is InChI=1S/C40H34N8O4/c41-21-29(22-42)33-17-27(39(49)51-31-11-5-3-6-12-31)19-37(35(33)25-45)47-15-9-1-2-10-16-48-38-20-28(40(50)52-32-13-7-4-8-14-32)18-34(36(38)26-46)30(23-43)24-44/h3-8,11-14,27-28,47-48H,1-2,9-10,15-20H2. The van der Waals surface area contributed by atoms with Gasteiger partial charge in [-0.1, -0.05) is 49.2 Å². The van der Waals surface area contributed by atoms with Crippen LogP contribution < -0.4 is 20.1 Å². The quantitative estimate of drug-likeness (QED) is 0.107. The van der Waals surface area contributed by atoms with E-state index in [1.807, 2.05) is 24.3 Å². The highest BCUT2D eigenvalue weighted by Crippen LogP contribution is 2.36. The number of rotatable bonds is 13. The molecule has 2 aliphatic carbocycles. The minimum absolute atomic E-state index is 0.0354. The van der Waals surface area contributed by atoms with Crippen LogP contribution in [0, 0.1) is 79.8 Å². The van der Waals surface area contributed by atoms with Crippen LogP contribution in [-0.2, 0) is 9.59 Å². The van der Waals surface area contributed by atoms with Crippen molar-refractivity contribution in [2.45, 2.75) is 51.4 Å². The molecule has 12 nitrogen and oxygen atoms in total. The topological polar surface area (TPSA) is 219 Å². The van der Waals surface area contributed by atoms with Crippen LogP contribution in [0.15, 0.2) is 105 Å². The van der Waals surface area contributed by atoms with E-state index in [0.29, 0.717) is 48.8 Å². The fourth-order valence-corrected chi connectivity index (χ4v) is 6.06. The van der Waals surface area contributed by atoms with Crippen molar-refractivity contribution >= 4 is 11.9 Å². The molecule has 0 aromatic heterocycles. The van der Waals surface area contributed by atoms with Crippen molar-refractivity contribution in [1.82, 2.24) is 10.6 Å². The molecule has 2 aliphatic rings. The second-order valence-electron chi connectivity index (χ2n) is 12.0. The van der Waals surface area contributed by atoms with Gasteiger partial charge in [0.1, 0.15) is 59.1 Å². The molecule has 258 valence electrons. The minimum atomic E-state index is -0.697. The SMILES string of the molecule is N#CC(C#N)=C1CC(C(=O)Oc2ccccc2)CC(NCCCCCCNC2=C(C#N)C(=C(C#N)C#N)CC(C(=O)Oc3ccccc3)C2)=C1C#N. The van der Waals surface area contributed by atoms with E-state index in [4.69, 9.17) is 9.47 Å². The fraction of sp³-hybridized carbons (Fsp3) is 0.300. The van der Waals surface area contributed by atoms with E-state index in [2.05, 4.69) is 22.8 Å². The van der Waals surface area contributed by atoms with E-state index >= 15 is 0 Å². The Labute approximate surface area is 302 Å². The van der Waals surface area contributed by atoms with Gasteiger partial charge in [-0.2, -0.15) is 31.6 Å². The average molecular weight is 691 g/mol. The molecule has 2 aromatic carbocycles. The van der Waals surface area contributed by atoms with Crippen molar-refractivity contribution in [3.8, 4) is 47.9 Å². The third-order valence-corrected chi connectivity index (χ3v) is 8.65. The number of allylic oxidation sites excluding steroid dienone is 8. The zero-order valence-electron chi connectivity index (χ0n) is 28.3. The van der Waals surface area contributed by atoms with Gasteiger partial charge in [-0.3, -0.25) is 9.59 Å². The number of hydrogen-bond donors (Lipinski definition) is 2. The summed E-state index contributed by atoms with van der Waals surface area (Å²) in [6.07, 6.45) is 3.47. The Morgan fingerprint density at radius 1 is 0.558 bits per heavy atom. The summed E-state index contributed by atoms with van der Waals surface area (Å²) in [5.74, 6) is -1.69. The van der Waals surface area contributed by atoms with Gasteiger partial charge in [0.05, 0.1) is 23.0 Å². The Morgan fingerprint density at radius 3 is 1.25 bits per heavy atom. The molecule has 0 bridgehead atoms. The van der Waals surface area contributed by atoms with Crippen molar-refractivity contribution in [3.63, 3.8) is 0 Å². The van der Waals surface area contributed by atoms with Gasteiger partial charge in [0.15, 0.2) is 0 Å². The number of nitrogens with zero attached hydrogens (tertiary/aromatic N) is 6. The summed E-state index contributed by atoms with van der Waals surface area (Å²) in [7, 11) is 0. The number of nitriles is 6. The van der Waals surface area contributed by atoms with E-state index in [1.54, 1.807) is 60.7 Å². The van der Waals surface area contributed by atoms with Gasteiger partial charge in [0, 0.05) is 48.5 Å². The van der Waals surface area contributed by atoms with E-state index in [0.717, 1.165) is 12.8 Å². The number of ether oxygens (including phenoxy) is 2. The van der Waals surface area contributed by atoms with Crippen LogP contribution >= 0.6 is 0 Å². The first kappa shape index (κ1) is 37.7. The zero-order chi connectivity index (χ0) is 37.3. The van der Waals surface area contributed by atoms with Gasteiger partial charge >= 0.3 is 11.9 Å². The molecule has 0 amide bonds. The highest BCUT2D eigenvalue weighted by atomic mass is 16.5. The minimum Gasteiger partial charge on any atom is -0.426 e. The predicted molar refractivity (Wildman–Crippen MR) is 186 cm³/mol. The van der Waals surface area contributed by atoms with Gasteiger partial charge < -0.3 is 20.1 Å². The number of para-hydroxylation sites is 2. The summed E-state index contributed by atoms with van der Waals surface area (Å²) < 4.78 is 11.1. The van der Waals surface area contributed by atoms with Crippen molar-refractivity contribution in [2.75, 3.05) is 13.1 Å². The number of nitrogens with one attached hydrogen (secondary N) is 2. The van der Waals surface area contributed by atoms with Crippen LogP contribution in [-0.4, -0.2) is 25.0 Å². The molecule has 2 aromatic rings. The molecular weight excluding hydrogens is 656 g/mol. The maximum atomic E-state index is 13.1. The highest BCUT2D eigenvalue weighted by Gasteiger charge is 2.34. The van der Waals surface area contributed by atoms with E-state index in [-0.39, 0.29) is 59.1 Å². The smallest absolute Gasteiger partial charge is 0.315 e. The Bertz CT molecular complexity index is 1880. The van der Waals surface area contributed by atoms with Gasteiger partial charge in [-0.25, -0.2) is 0 Å². The summed E-state index contributed by atoms with van der Waals surface area (Å²) in [6, 6.07) is 28.8. The number of unbranched alkanes of at least 4 members (excludes halogenated alkanes) is 3. The molecular formula is C40H34N8O4. The molecule has 0 heterocycles. The maximum Gasteiger partial charge on any atom is 0.315 e. The second kappa shape index (κ2) is 19.2. The van der Waals surface area contributed by atoms with Crippen molar-refractivity contribution in [2.24, 2.45) is 11.8 Å². The Balaban J connectivity index is 1.34. The number of esters is 2. The van der Waals surface area contributed by atoms with Crippen molar-refractivity contribution in [3.05, 3.63) is 105 Å². The summed E-state index contributed by atoms with van der Waals surface area (Å²) in [6.45, 7) is 0.953. The van der Waals surface area contributed by atoms with Crippen molar-refractivity contribution < 1.29 is 19.1 Å². The molecule has 12 heteroatoms. The Kier molecular flexibility index (Phi) is 13.9. The van der Waals surface area contributed by atoms with E-state index in [1.165, 1.54) is 0 Å². The molecule has 4 rings (SSSR count). The summed E-state index contributed by atoms with van der Waals surface area (Å²) in [5, 5.41) is 64.6. The van der Waals surface area contributed by atoms with Gasteiger partial charge in [-0.15, -0.1) is 0 Å². The Hall–Kier alpha value is -7.12. The lowest BCUT2D eigenvalue weighted by molar-refractivity contribution is -0.139. The number of carbonyl (C=O) groups excluding carboxylic acids is 2.